The molecule has 1 aliphatic carbocycles. The van der Waals surface area contributed by atoms with Gasteiger partial charge in [-0.3, -0.25) is 4.79 Å². The molecule has 1 aliphatic rings. The predicted molar refractivity (Wildman–Crippen MR) is 48.3 cm³/mol. The minimum absolute atomic E-state index is 0.00519. The minimum Gasteiger partial charge on any atom is -0.481 e. The second kappa shape index (κ2) is 4.71. The average Bonchev–Trinajstić information content (AvgIpc) is 2.16. The number of alkyl halides is 2. The molecule has 0 saturated heterocycles. The van der Waals surface area contributed by atoms with Gasteiger partial charge < -0.3 is 5.11 Å². The molecule has 0 aromatic heterocycles. The SMILES string of the molecule is C[C@H](C(F)F)[C@H]1CC[C@H](C(=O)O)CC1. The van der Waals surface area contributed by atoms with E-state index in [0.29, 0.717) is 25.7 Å². The van der Waals surface area contributed by atoms with Crippen molar-refractivity contribution in [3.05, 3.63) is 0 Å². The van der Waals surface area contributed by atoms with Crippen molar-refractivity contribution in [1.29, 1.82) is 0 Å². The maximum Gasteiger partial charge on any atom is 0.306 e. The zero-order valence-corrected chi connectivity index (χ0v) is 8.25. The molecule has 1 fully saturated rings. The molecule has 1 rings (SSSR count). The Bertz CT molecular complexity index is 198. The summed E-state index contributed by atoms with van der Waals surface area (Å²) in [6.45, 7) is 1.55. The first kappa shape index (κ1) is 11.4. The fraction of sp³-hybridized carbons (Fsp3) is 0.900. The van der Waals surface area contributed by atoms with Crippen LogP contribution in [0.25, 0.3) is 0 Å². The molecule has 0 bridgehead atoms. The van der Waals surface area contributed by atoms with Gasteiger partial charge >= 0.3 is 5.97 Å². The molecule has 82 valence electrons. The van der Waals surface area contributed by atoms with Crippen LogP contribution >= 0.6 is 0 Å². The maximum absolute atomic E-state index is 12.4. The predicted octanol–water partition coefficient (Wildman–Crippen LogP) is 2.78. The molecule has 0 unspecified atom stereocenters. The van der Waals surface area contributed by atoms with Crippen molar-refractivity contribution in [3.63, 3.8) is 0 Å². The Labute approximate surface area is 82.3 Å². The van der Waals surface area contributed by atoms with Crippen LogP contribution in [0.15, 0.2) is 0 Å². The van der Waals surface area contributed by atoms with Crippen LogP contribution in [0, 0.1) is 17.8 Å². The lowest BCUT2D eigenvalue weighted by molar-refractivity contribution is -0.143. The molecule has 0 aliphatic heterocycles. The number of halogens is 2. The van der Waals surface area contributed by atoms with Gasteiger partial charge in [-0.2, -0.15) is 0 Å². The van der Waals surface area contributed by atoms with Crippen LogP contribution in [-0.2, 0) is 4.79 Å². The lowest BCUT2D eigenvalue weighted by Crippen LogP contribution is -2.27. The summed E-state index contributed by atoms with van der Waals surface area (Å²) in [5.41, 5.74) is 0. The third-order valence-corrected chi connectivity index (χ3v) is 3.26. The second-order valence-electron chi connectivity index (χ2n) is 4.14. The molecule has 2 nitrogen and oxygen atoms in total. The Morgan fingerprint density at radius 1 is 1.29 bits per heavy atom. The molecule has 1 atom stereocenters. The van der Waals surface area contributed by atoms with Crippen molar-refractivity contribution in [1.82, 2.24) is 0 Å². The number of carboxylic acids is 1. The van der Waals surface area contributed by atoms with E-state index in [1.165, 1.54) is 0 Å². The van der Waals surface area contributed by atoms with Gasteiger partial charge in [0.15, 0.2) is 0 Å². The molecular weight excluding hydrogens is 190 g/mol. The topological polar surface area (TPSA) is 37.3 Å². The largest absolute Gasteiger partial charge is 0.481 e. The van der Waals surface area contributed by atoms with Crippen molar-refractivity contribution >= 4 is 5.97 Å². The van der Waals surface area contributed by atoms with Crippen LogP contribution in [0.1, 0.15) is 32.6 Å². The third-order valence-electron chi connectivity index (χ3n) is 3.26. The summed E-state index contributed by atoms with van der Waals surface area (Å²) in [5, 5.41) is 8.72. The lowest BCUT2D eigenvalue weighted by Gasteiger charge is -2.30. The average molecular weight is 206 g/mol. The highest BCUT2D eigenvalue weighted by Crippen LogP contribution is 2.35. The van der Waals surface area contributed by atoms with Crippen molar-refractivity contribution in [3.8, 4) is 0 Å². The molecule has 4 heteroatoms. The molecule has 0 amide bonds. The summed E-state index contributed by atoms with van der Waals surface area (Å²) in [4.78, 5) is 10.6. The minimum atomic E-state index is -2.28. The smallest absolute Gasteiger partial charge is 0.306 e. The second-order valence-corrected chi connectivity index (χ2v) is 4.14. The molecule has 1 saturated carbocycles. The van der Waals surface area contributed by atoms with E-state index in [1.54, 1.807) is 6.92 Å². The molecule has 1 N–H and O–H groups in total. The quantitative estimate of drug-likeness (QED) is 0.770. The highest BCUT2D eigenvalue weighted by Gasteiger charge is 2.32. The molecule has 0 radical (unpaired) electrons. The van der Waals surface area contributed by atoms with E-state index in [2.05, 4.69) is 0 Å². The normalized spacial score (nSPS) is 30.3. The number of hydrogen-bond donors (Lipinski definition) is 1. The summed E-state index contributed by atoms with van der Waals surface area (Å²) in [6, 6.07) is 0. The summed E-state index contributed by atoms with van der Waals surface area (Å²) in [6.07, 6.45) is 0.0837. The number of carboxylic acid groups (broad SMARTS) is 1. The van der Waals surface area contributed by atoms with E-state index in [9.17, 15) is 13.6 Å². The zero-order chi connectivity index (χ0) is 10.7. The summed E-state index contributed by atoms with van der Waals surface area (Å²) < 4.78 is 24.7. The van der Waals surface area contributed by atoms with Gasteiger partial charge in [0.1, 0.15) is 0 Å². The number of aliphatic carboxylic acids is 1. The Morgan fingerprint density at radius 3 is 2.14 bits per heavy atom. The van der Waals surface area contributed by atoms with E-state index >= 15 is 0 Å². The van der Waals surface area contributed by atoms with E-state index in [-0.39, 0.29) is 11.8 Å². The standard InChI is InChI=1S/C10H16F2O2/c1-6(9(11)12)7-2-4-8(5-3-7)10(13)14/h6-9H,2-5H2,1H3,(H,13,14)/t6-,7-,8-/m0/s1. The first-order valence-electron chi connectivity index (χ1n) is 5.03. The Kier molecular flexibility index (Phi) is 3.84. The molecule has 0 spiro atoms. The van der Waals surface area contributed by atoms with Gasteiger partial charge in [0, 0.05) is 5.92 Å². The van der Waals surface area contributed by atoms with Gasteiger partial charge in [-0.05, 0) is 31.6 Å². The fourth-order valence-corrected chi connectivity index (χ4v) is 2.10. The van der Waals surface area contributed by atoms with Gasteiger partial charge in [-0.1, -0.05) is 6.92 Å². The Hall–Kier alpha value is -0.670. The highest BCUT2D eigenvalue weighted by atomic mass is 19.3. The van der Waals surface area contributed by atoms with E-state index in [4.69, 9.17) is 5.11 Å². The van der Waals surface area contributed by atoms with Crippen molar-refractivity contribution in [2.45, 2.75) is 39.0 Å². The molecule has 14 heavy (non-hydrogen) atoms. The summed E-state index contributed by atoms with van der Waals surface area (Å²) >= 11 is 0. The van der Waals surface area contributed by atoms with Crippen molar-refractivity contribution in [2.75, 3.05) is 0 Å². The monoisotopic (exact) mass is 206 g/mol. The zero-order valence-electron chi connectivity index (χ0n) is 8.25. The maximum atomic E-state index is 12.4. The molecule has 0 heterocycles. The van der Waals surface area contributed by atoms with Gasteiger partial charge in [-0.15, -0.1) is 0 Å². The number of hydrogen-bond acceptors (Lipinski definition) is 1. The van der Waals surface area contributed by atoms with Gasteiger partial charge in [0.05, 0.1) is 5.92 Å². The Balaban J connectivity index is 2.39. The van der Waals surface area contributed by atoms with Crippen LogP contribution in [0.2, 0.25) is 0 Å². The van der Waals surface area contributed by atoms with Crippen molar-refractivity contribution in [2.24, 2.45) is 17.8 Å². The lowest BCUT2D eigenvalue weighted by atomic mass is 9.76. The number of carbonyl (C=O) groups is 1. The van der Waals surface area contributed by atoms with Gasteiger partial charge in [0.25, 0.3) is 0 Å². The van der Waals surface area contributed by atoms with Crippen LogP contribution in [-0.4, -0.2) is 17.5 Å². The number of rotatable bonds is 3. The molecule has 0 aromatic carbocycles. The van der Waals surface area contributed by atoms with Gasteiger partial charge in [-0.25, -0.2) is 8.78 Å². The third kappa shape index (κ3) is 2.66. The highest BCUT2D eigenvalue weighted by molar-refractivity contribution is 5.69. The van der Waals surface area contributed by atoms with E-state index in [0.717, 1.165) is 0 Å². The Morgan fingerprint density at radius 2 is 1.79 bits per heavy atom. The van der Waals surface area contributed by atoms with E-state index in [1.807, 2.05) is 0 Å². The van der Waals surface area contributed by atoms with Crippen molar-refractivity contribution < 1.29 is 18.7 Å². The molecule has 0 aromatic rings. The summed E-state index contributed by atoms with van der Waals surface area (Å²) in [7, 11) is 0. The first-order valence-corrected chi connectivity index (χ1v) is 5.03. The molecular formula is C10H16F2O2. The fourth-order valence-electron chi connectivity index (χ4n) is 2.10. The van der Waals surface area contributed by atoms with E-state index < -0.39 is 18.3 Å². The van der Waals surface area contributed by atoms with Crippen LogP contribution in [0.5, 0.6) is 0 Å². The van der Waals surface area contributed by atoms with Crippen LogP contribution < -0.4 is 0 Å². The first-order chi connectivity index (χ1) is 6.52. The van der Waals surface area contributed by atoms with Crippen LogP contribution in [0.3, 0.4) is 0 Å². The summed E-state index contributed by atoms with van der Waals surface area (Å²) in [5.74, 6) is -1.68. The van der Waals surface area contributed by atoms with Gasteiger partial charge in [0.2, 0.25) is 6.43 Å². The van der Waals surface area contributed by atoms with Crippen LogP contribution in [0.4, 0.5) is 8.78 Å².